The third-order valence-corrected chi connectivity index (χ3v) is 6.38. The Labute approximate surface area is 208 Å². The van der Waals surface area contributed by atoms with Crippen molar-refractivity contribution in [3.05, 3.63) is 76.6 Å². The number of aliphatic hydroxyl groups excluding tert-OH is 1. The van der Waals surface area contributed by atoms with E-state index in [0.717, 1.165) is 37.2 Å². The highest BCUT2D eigenvalue weighted by molar-refractivity contribution is 5.94. The van der Waals surface area contributed by atoms with E-state index in [4.69, 9.17) is 0 Å². The van der Waals surface area contributed by atoms with E-state index in [1.165, 1.54) is 12.3 Å². The molecule has 5 rings (SSSR count). The average molecular weight is 489 g/mol. The van der Waals surface area contributed by atoms with E-state index in [0.29, 0.717) is 40.2 Å². The van der Waals surface area contributed by atoms with Crippen LogP contribution in [0.25, 0.3) is 22.2 Å². The quantitative estimate of drug-likeness (QED) is 0.379. The number of halogens is 1. The summed E-state index contributed by atoms with van der Waals surface area (Å²) in [6.07, 6.45) is 4.54. The normalized spacial score (nSPS) is 14.5. The number of fused-ring (bicyclic) bond motifs is 1. The number of piperidine rings is 1. The number of aromatic nitrogens is 3. The summed E-state index contributed by atoms with van der Waals surface area (Å²) in [4.78, 5) is 28.7. The van der Waals surface area contributed by atoms with E-state index in [9.17, 15) is 9.90 Å². The highest BCUT2D eigenvalue weighted by Crippen LogP contribution is 2.30. The number of H-pyrrole nitrogens is 1. The molecule has 3 aromatic heterocycles. The van der Waals surface area contributed by atoms with Gasteiger partial charge in [-0.15, -0.1) is 0 Å². The van der Waals surface area contributed by atoms with Crippen LogP contribution in [0, 0.1) is 5.82 Å². The topological polar surface area (TPSA) is 97.4 Å². The van der Waals surface area contributed by atoms with Crippen molar-refractivity contribution >= 4 is 28.1 Å². The van der Waals surface area contributed by atoms with Gasteiger partial charge in [-0.3, -0.25) is 4.79 Å². The number of nitrogens with zero attached hydrogens (tertiary/aromatic N) is 4. The Morgan fingerprint density at radius 2 is 1.97 bits per heavy atom. The summed E-state index contributed by atoms with van der Waals surface area (Å²) in [6, 6.07) is 12.3. The lowest BCUT2D eigenvalue weighted by Gasteiger charge is -2.31. The van der Waals surface area contributed by atoms with Gasteiger partial charge in [-0.1, -0.05) is 6.07 Å². The number of rotatable bonds is 6. The molecule has 0 amide bonds. The fourth-order valence-corrected chi connectivity index (χ4v) is 4.57. The molecule has 1 fully saturated rings. The molecule has 1 saturated heterocycles. The minimum atomic E-state index is -0.369. The van der Waals surface area contributed by atoms with Crippen LogP contribution in [0.1, 0.15) is 18.4 Å². The summed E-state index contributed by atoms with van der Waals surface area (Å²) < 4.78 is 15.1. The summed E-state index contributed by atoms with van der Waals surface area (Å²) in [5, 5.41) is 13.4. The summed E-state index contributed by atoms with van der Waals surface area (Å²) in [7, 11) is 3.87. The number of pyridine rings is 3. The molecule has 0 bridgehead atoms. The Hall–Kier alpha value is -3.82. The van der Waals surface area contributed by atoms with E-state index in [-0.39, 0.29) is 17.5 Å². The number of anilines is 3. The predicted molar refractivity (Wildman–Crippen MR) is 140 cm³/mol. The van der Waals surface area contributed by atoms with Crippen LogP contribution >= 0.6 is 0 Å². The number of hydrogen-bond donors (Lipinski definition) is 3. The maximum atomic E-state index is 15.1. The van der Waals surface area contributed by atoms with E-state index in [1.54, 1.807) is 24.4 Å². The van der Waals surface area contributed by atoms with Gasteiger partial charge in [0.1, 0.15) is 11.6 Å². The molecule has 1 aliphatic heterocycles. The van der Waals surface area contributed by atoms with Gasteiger partial charge >= 0.3 is 0 Å². The molecule has 0 radical (unpaired) electrons. The van der Waals surface area contributed by atoms with Gasteiger partial charge in [0, 0.05) is 31.4 Å². The zero-order valence-corrected chi connectivity index (χ0v) is 20.3. The maximum absolute atomic E-state index is 15.1. The summed E-state index contributed by atoms with van der Waals surface area (Å²) in [5.41, 5.74) is 3.29. The van der Waals surface area contributed by atoms with Gasteiger partial charge in [-0.25, -0.2) is 14.4 Å². The van der Waals surface area contributed by atoms with Crippen LogP contribution in [0.15, 0.2) is 59.7 Å². The highest BCUT2D eigenvalue weighted by atomic mass is 19.1. The second kappa shape index (κ2) is 10.0. The molecule has 36 heavy (non-hydrogen) atoms. The number of aromatic amines is 1. The minimum Gasteiger partial charge on any atom is -0.393 e. The van der Waals surface area contributed by atoms with Crippen molar-refractivity contribution in [1.29, 1.82) is 0 Å². The van der Waals surface area contributed by atoms with Crippen molar-refractivity contribution in [2.75, 3.05) is 37.4 Å². The summed E-state index contributed by atoms with van der Waals surface area (Å²) in [5.74, 6) is 0.186. The second-order valence-electron chi connectivity index (χ2n) is 9.42. The van der Waals surface area contributed by atoms with E-state index in [2.05, 4.69) is 25.2 Å². The molecule has 0 spiro atoms. The largest absolute Gasteiger partial charge is 0.393 e. The van der Waals surface area contributed by atoms with Gasteiger partial charge in [0.2, 0.25) is 0 Å². The highest BCUT2D eigenvalue weighted by Gasteiger charge is 2.18. The van der Waals surface area contributed by atoms with Gasteiger partial charge < -0.3 is 25.2 Å². The third kappa shape index (κ3) is 5.07. The van der Waals surface area contributed by atoms with Crippen molar-refractivity contribution in [2.45, 2.75) is 25.5 Å². The molecule has 1 aromatic carbocycles. The fraction of sp³-hybridized carbons (Fsp3) is 0.296. The summed E-state index contributed by atoms with van der Waals surface area (Å²) >= 11 is 0. The molecule has 0 atom stereocenters. The standard InChI is InChI=1S/C27H29FN6O2/c1-33(2)16-17-3-5-20(21(28)13-17)23-14-24(26-22(31-23)7-10-29-27(26)36)32-25-6-4-18(15-30-25)34-11-8-19(35)9-12-34/h3-7,10,13-15,19,35H,8-9,11-12,16H2,1-2H3,(H,29,36)(H,30,31,32). The zero-order valence-electron chi connectivity index (χ0n) is 20.3. The molecular weight excluding hydrogens is 459 g/mol. The van der Waals surface area contributed by atoms with Gasteiger partial charge in [-0.2, -0.15) is 0 Å². The van der Waals surface area contributed by atoms with E-state index in [1.807, 2.05) is 37.2 Å². The Kier molecular flexibility index (Phi) is 6.67. The van der Waals surface area contributed by atoms with Crippen molar-refractivity contribution in [3.8, 4) is 11.3 Å². The average Bonchev–Trinajstić information content (AvgIpc) is 2.85. The SMILES string of the molecule is CN(C)Cc1ccc(-c2cc(Nc3ccc(N4CCC(O)CC4)cn3)c3c(=O)[nH]ccc3n2)c(F)c1. The van der Waals surface area contributed by atoms with Crippen molar-refractivity contribution in [2.24, 2.45) is 0 Å². The number of benzene rings is 1. The van der Waals surface area contributed by atoms with E-state index < -0.39 is 0 Å². The van der Waals surface area contributed by atoms with Crippen molar-refractivity contribution in [1.82, 2.24) is 19.9 Å². The van der Waals surface area contributed by atoms with Crippen LogP contribution in [0.4, 0.5) is 21.6 Å². The molecule has 3 N–H and O–H groups in total. The van der Waals surface area contributed by atoms with Crippen LogP contribution < -0.4 is 15.8 Å². The second-order valence-corrected chi connectivity index (χ2v) is 9.42. The monoisotopic (exact) mass is 488 g/mol. The van der Waals surface area contributed by atoms with Crippen molar-refractivity contribution < 1.29 is 9.50 Å². The smallest absolute Gasteiger partial charge is 0.259 e. The first-order chi connectivity index (χ1) is 17.4. The maximum Gasteiger partial charge on any atom is 0.259 e. The van der Waals surface area contributed by atoms with Crippen LogP contribution in [-0.4, -0.2) is 58.2 Å². The minimum absolute atomic E-state index is 0.239. The first-order valence-corrected chi connectivity index (χ1v) is 12.0. The lowest BCUT2D eigenvalue weighted by molar-refractivity contribution is 0.145. The van der Waals surface area contributed by atoms with Gasteiger partial charge in [0.05, 0.1) is 40.3 Å². The lowest BCUT2D eigenvalue weighted by atomic mass is 10.1. The molecule has 186 valence electrons. The molecule has 9 heteroatoms. The predicted octanol–water partition coefficient (Wildman–Crippen LogP) is 3.89. The number of hydrogen-bond acceptors (Lipinski definition) is 7. The molecule has 0 saturated carbocycles. The van der Waals surface area contributed by atoms with Crippen LogP contribution in [0.3, 0.4) is 0 Å². The molecule has 4 aromatic rings. The van der Waals surface area contributed by atoms with Crippen LogP contribution in [0.5, 0.6) is 0 Å². The first-order valence-electron chi connectivity index (χ1n) is 12.0. The molecular formula is C27H29FN6O2. The van der Waals surface area contributed by atoms with Crippen LogP contribution in [0.2, 0.25) is 0 Å². The number of aliphatic hydroxyl groups is 1. The van der Waals surface area contributed by atoms with Gasteiger partial charge in [0.25, 0.3) is 5.56 Å². The molecule has 0 aliphatic carbocycles. The van der Waals surface area contributed by atoms with E-state index >= 15 is 4.39 Å². The molecule has 1 aliphatic rings. The Morgan fingerprint density at radius 3 is 2.67 bits per heavy atom. The molecule has 0 unspecified atom stereocenters. The van der Waals surface area contributed by atoms with Crippen LogP contribution in [-0.2, 0) is 6.54 Å². The van der Waals surface area contributed by atoms with Gasteiger partial charge in [-0.05, 0) is 68.9 Å². The van der Waals surface area contributed by atoms with Crippen molar-refractivity contribution in [3.63, 3.8) is 0 Å². The fourth-order valence-electron chi connectivity index (χ4n) is 4.57. The first kappa shape index (κ1) is 23.9. The Morgan fingerprint density at radius 1 is 1.17 bits per heavy atom. The molecule has 8 nitrogen and oxygen atoms in total. The third-order valence-electron chi connectivity index (χ3n) is 6.38. The molecule has 4 heterocycles. The Balaban J connectivity index is 1.48. The number of nitrogens with one attached hydrogen (secondary N) is 2. The summed E-state index contributed by atoms with van der Waals surface area (Å²) in [6.45, 7) is 2.19. The Bertz CT molecular complexity index is 1430. The lowest BCUT2D eigenvalue weighted by Crippen LogP contribution is -2.35. The van der Waals surface area contributed by atoms with Gasteiger partial charge in [0.15, 0.2) is 0 Å². The zero-order chi connectivity index (χ0) is 25.2.